The zero-order valence-electron chi connectivity index (χ0n) is 7.89. The third kappa shape index (κ3) is 2.21. The van der Waals surface area contributed by atoms with Gasteiger partial charge < -0.3 is 10.6 Å². The SMILES string of the molecule is CCC(C)C1NCCCNC1=O. The first-order valence-electron chi connectivity index (χ1n) is 4.76. The molecule has 3 heteroatoms. The molecule has 0 radical (unpaired) electrons. The van der Waals surface area contributed by atoms with Gasteiger partial charge in [0.1, 0.15) is 0 Å². The molecule has 1 amide bonds. The molecule has 1 aliphatic rings. The van der Waals surface area contributed by atoms with Crippen LogP contribution in [0.25, 0.3) is 0 Å². The Morgan fingerprint density at radius 1 is 1.58 bits per heavy atom. The van der Waals surface area contributed by atoms with E-state index >= 15 is 0 Å². The molecule has 0 spiro atoms. The van der Waals surface area contributed by atoms with Crippen molar-refractivity contribution in [2.45, 2.75) is 32.7 Å². The first-order chi connectivity index (χ1) is 5.75. The van der Waals surface area contributed by atoms with Crippen molar-refractivity contribution in [3.05, 3.63) is 0 Å². The van der Waals surface area contributed by atoms with Crippen LogP contribution in [0.2, 0.25) is 0 Å². The van der Waals surface area contributed by atoms with Crippen LogP contribution in [0.3, 0.4) is 0 Å². The maximum atomic E-state index is 11.4. The predicted octanol–water partition coefficient (Wildman–Crippen LogP) is 0.511. The fraction of sp³-hybridized carbons (Fsp3) is 0.889. The van der Waals surface area contributed by atoms with Crippen molar-refractivity contribution >= 4 is 5.91 Å². The van der Waals surface area contributed by atoms with Crippen molar-refractivity contribution in [2.24, 2.45) is 5.92 Å². The first kappa shape index (κ1) is 9.52. The van der Waals surface area contributed by atoms with Gasteiger partial charge in [-0.15, -0.1) is 0 Å². The lowest BCUT2D eigenvalue weighted by atomic mass is 9.99. The topological polar surface area (TPSA) is 41.1 Å². The number of hydrogen-bond donors (Lipinski definition) is 2. The lowest BCUT2D eigenvalue weighted by Crippen LogP contribution is -2.45. The van der Waals surface area contributed by atoms with E-state index in [1.807, 2.05) is 0 Å². The Labute approximate surface area is 73.9 Å². The summed E-state index contributed by atoms with van der Waals surface area (Å²) in [5.74, 6) is 0.602. The number of rotatable bonds is 2. The van der Waals surface area contributed by atoms with E-state index in [1.165, 1.54) is 0 Å². The maximum Gasteiger partial charge on any atom is 0.237 e. The van der Waals surface area contributed by atoms with E-state index in [0.29, 0.717) is 5.92 Å². The van der Waals surface area contributed by atoms with E-state index in [9.17, 15) is 4.79 Å². The molecular weight excluding hydrogens is 152 g/mol. The number of amides is 1. The van der Waals surface area contributed by atoms with Crippen LogP contribution in [0.4, 0.5) is 0 Å². The van der Waals surface area contributed by atoms with Gasteiger partial charge in [-0.25, -0.2) is 0 Å². The molecule has 2 atom stereocenters. The van der Waals surface area contributed by atoms with Crippen molar-refractivity contribution in [3.63, 3.8) is 0 Å². The summed E-state index contributed by atoms with van der Waals surface area (Å²) >= 11 is 0. The Balaban J connectivity index is 2.52. The zero-order valence-corrected chi connectivity index (χ0v) is 7.89. The fourth-order valence-corrected chi connectivity index (χ4v) is 1.46. The molecule has 0 saturated carbocycles. The maximum absolute atomic E-state index is 11.4. The highest BCUT2D eigenvalue weighted by Gasteiger charge is 2.24. The van der Waals surface area contributed by atoms with Crippen LogP contribution in [-0.2, 0) is 4.79 Å². The minimum atomic E-state index is 0.0255. The van der Waals surface area contributed by atoms with Crippen LogP contribution in [0.5, 0.6) is 0 Å². The molecule has 12 heavy (non-hydrogen) atoms. The molecule has 0 bridgehead atoms. The van der Waals surface area contributed by atoms with E-state index in [-0.39, 0.29) is 11.9 Å². The molecule has 1 saturated heterocycles. The summed E-state index contributed by atoms with van der Waals surface area (Å²) in [4.78, 5) is 11.4. The number of nitrogens with one attached hydrogen (secondary N) is 2. The van der Waals surface area contributed by atoms with Crippen LogP contribution in [-0.4, -0.2) is 25.0 Å². The number of carbonyl (C=O) groups excluding carboxylic acids is 1. The van der Waals surface area contributed by atoms with Gasteiger partial charge in [-0.05, 0) is 18.9 Å². The molecule has 1 aliphatic heterocycles. The Morgan fingerprint density at radius 2 is 2.33 bits per heavy atom. The summed E-state index contributed by atoms with van der Waals surface area (Å²) in [5.41, 5.74) is 0. The molecule has 1 heterocycles. The van der Waals surface area contributed by atoms with Gasteiger partial charge in [0.25, 0.3) is 0 Å². The van der Waals surface area contributed by atoms with Gasteiger partial charge in [0, 0.05) is 6.54 Å². The van der Waals surface area contributed by atoms with E-state index in [4.69, 9.17) is 0 Å². The molecule has 0 aliphatic carbocycles. The van der Waals surface area contributed by atoms with Crippen LogP contribution in [0, 0.1) is 5.92 Å². The van der Waals surface area contributed by atoms with Crippen molar-refractivity contribution < 1.29 is 4.79 Å². The predicted molar refractivity (Wildman–Crippen MR) is 48.9 cm³/mol. The average Bonchev–Trinajstić information content (AvgIpc) is 2.28. The lowest BCUT2D eigenvalue weighted by molar-refractivity contribution is -0.123. The standard InChI is InChI=1S/C9H18N2O/c1-3-7(2)8-9(12)11-6-4-5-10-8/h7-8,10H,3-6H2,1-2H3,(H,11,12). The summed E-state index contributed by atoms with van der Waals surface area (Å²) in [7, 11) is 0. The van der Waals surface area contributed by atoms with Gasteiger partial charge in [0.05, 0.1) is 6.04 Å². The highest BCUT2D eigenvalue weighted by molar-refractivity contribution is 5.82. The van der Waals surface area contributed by atoms with Gasteiger partial charge in [-0.2, -0.15) is 0 Å². The fourth-order valence-electron chi connectivity index (χ4n) is 1.46. The Morgan fingerprint density at radius 3 is 3.00 bits per heavy atom. The lowest BCUT2D eigenvalue weighted by Gasteiger charge is -2.20. The third-order valence-electron chi connectivity index (χ3n) is 2.51. The second kappa shape index (κ2) is 4.45. The van der Waals surface area contributed by atoms with Gasteiger partial charge in [0.2, 0.25) is 5.91 Å². The zero-order chi connectivity index (χ0) is 8.97. The third-order valence-corrected chi connectivity index (χ3v) is 2.51. The van der Waals surface area contributed by atoms with E-state index in [1.54, 1.807) is 0 Å². The van der Waals surface area contributed by atoms with E-state index in [0.717, 1.165) is 25.9 Å². The Bertz CT molecular complexity index is 159. The van der Waals surface area contributed by atoms with E-state index < -0.39 is 0 Å². The highest BCUT2D eigenvalue weighted by Crippen LogP contribution is 2.08. The molecule has 2 unspecified atom stereocenters. The molecule has 0 aromatic carbocycles. The first-order valence-corrected chi connectivity index (χ1v) is 4.76. The van der Waals surface area contributed by atoms with Crippen LogP contribution >= 0.6 is 0 Å². The molecule has 0 aromatic heterocycles. The summed E-state index contributed by atoms with van der Waals surface area (Å²) < 4.78 is 0. The molecule has 2 N–H and O–H groups in total. The average molecular weight is 170 g/mol. The summed E-state index contributed by atoms with van der Waals surface area (Å²) in [6, 6.07) is 0.0255. The van der Waals surface area contributed by atoms with Crippen LogP contribution in [0.1, 0.15) is 26.7 Å². The van der Waals surface area contributed by atoms with Gasteiger partial charge in [0.15, 0.2) is 0 Å². The molecule has 70 valence electrons. The molecular formula is C9H18N2O. The minimum absolute atomic E-state index is 0.0255. The smallest absolute Gasteiger partial charge is 0.237 e. The van der Waals surface area contributed by atoms with Gasteiger partial charge in [-0.3, -0.25) is 4.79 Å². The van der Waals surface area contributed by atoms with Crippen LogP contribution < -0.4 is 10.6 Å². The highest BCUT2D eigenvalue weighted by atomic mass is 16.2. The number of hydrogen-bond acceptors (Lipinski definition) is 2. The number of carbonyl (C=O) groups is 1. The van der Waals surface area contributed by atoms with Crippen molar-refractivity contribution in [1.29, 1.82) is 0 Å². The Hall–Kier alpha value is -0.570. The second-order valence-corrected chi connectivity index (χ2v) is 3.46. The second-order valence-electron chi connectivity index (χ2n) is 3.46. The quantitative estimate of drug-likeness (QED) is 0.634. The van der Waals surface area contributed by atoms with Gasteiger partial charge in [-0.1, -0.05) is 20.3 Å². The summed E-state index contributed by atoms with van der Waals surface area (Å²) in [6.45, 7) is 6.00. The van der Waals surface area contributed by atoms with Gasteiger partial charge >= 0.3 is 0 Å². The molecule has 3 nitrogen and oxygen atoms in total. The largest absolute Gasteiger partial charge is 0.355 e. The minimum Gasteiger partial charge on any atom is -0.355 e. The van der Waals surface area contributed by atoms with Crippen molar-refractivity contribution in [3.8, 4) is 0 Å². The van der Waals surface area contributed by atoms with Crippen molar-refractivity contribution in [2.75, 3.05) is 13.1 Å². The Kier molecular flexibility index (Phi) is 3.53. The normalized spacial score (nSPS) is 27.5. The summed E-state index contributed by atoms with van der Waals surface area (Å²) in [5, 5.41) is 6.18. The molecule has 0 aromatic rings. The summed E-state index contributed by atoms with van der Waals surface area (Å²) in [6.07, 6.45) is 2.09. The van der Waals surface area contributed by atoms with Crippen molar-refractivity contribution in [1.82, 2.24) is 10.6 Å². The molecule has 1 fully saturated rings. The monoisotopic (exact) mass is 170 g/mol. The molecule has 1 rings (SSSR count). The van der Waals surface area contributed by atoms with E-state index in [2.05, 4.69) is 24.5 Å². The van der Waals surface area contributed by atoms with Crippen LogP contribution in [0.15, 0.2) is 0 Å².